The molecule has 0 amide bonds. The van der Waals surface area contributed by atoms with Crippen LogP contribution in [0, 0.1) is 0 Å². The highest BCUT2D eigenvalue weighted by Crippen LogP contribution is 2.28. The van der Waals surface area contributed by atoms with Crippen LogP contribution < -0.4 is 11.1 Å². The molecule has 17 heavy (non-hydrogen) atoms. The largest absolute Gasteiger partial charge is 0.379 e. The van der Waals surface area contributed by atoms with Gasteiger partial charge in [-0.3, -0.25) is 0 Å². The van der Waals surface area contributed by atoms with Crippen LogP contribution in [0.4, 0.5) is 11.5 Å². The van der Waals surface area contributed by atoms with Crippen molar-refractivity contribution in [2.75, 3.05) is 11.1 Å². The van der Waals surface area contributed by atoms with Gasteiger partial charge >= 0.3 is 0 Å². The number of nitrogens with one attached hydrogen (secondary N) is 1. The van der Waals surface area contributed by atoms with Gasteiger partial charge in [0.15, 0.2) is 11.5 Å². The van der Waals surface area contributed by atoms with Gasteiger partial charge in [0.05, 0.1) is 16.4 Å². The zero-order chi connectivity index (χ0) is 12.4. The van der Waals surface area contributed by atoms with Crippen LogP contribution in [0.2, 0.25) is 10.0 Å². The summed E-state index contributed by atoms with van der Waals surface area (Å²) in [4.78, 5) is 0. The molecule has 3 N–H and O–H groups in total. The standard InChI is InChI=1S/C10H8Cl2N4O/c1-5(9-10(13)16-17-15-9)14-8-4-6(11)2-3-7(8)12/h2-4,14H,1H2,(H2,13,16). The van der Waals surface area contributed by atoms with E-state index in [0.717, 1.165) is 0 Å². The molecule has 0 saturated heterocycles. The van der Waals surface area contributed by atoms with Crippen LogP contribution in [-0.4, -0.2) is 10.3 Å². The molecule has 0 fully saturated rings. The normalized spacial score (nSPS) is 10.2. The second kappa shape index (κ2) is 4.65. The summed E-state index contributed by atoms with van der Waals surface area (Å²) in [6.45, 7) is 3.77. The molecule has 0 atom stereocenters. The molecule has 2 aromatic rings. The third-order valence-corrected chi connectivity index (χ3v) is 2.58. The third-order valence-electron chi connectivity index (χ3n) is 2.01. The van der Waals surface area contributed by atoms with E-state index in [1.807, 2.05) is 0 Å². The van der Waals surface area contributed by atoms with Crippen molar-refractivity contribution in [3.8, 4) is 0 Å². The SMILES string of the molecule is C=C(Nc1cc(Cl)ccc1Cl)c1nonc1N. The van der Waals surface area contributed by atoms with E-state index in [4.69, 9.17) is 28.9 Å². The molecule has 0 radical (unpaired) electrons. The van der Waals surface area contributed by atoms with Gasteiger partial charge in [0.2, 0.25) is 0 Å². The van der Waals surface area contributed by atoms with E-state index in [-0.39, 0.29) is 5.82 Å². The Morgan fingerprint density at radius 3 is 2.76 bits per heavy atom. The molecule has 0 unspecified atom stereocenters. The van der Waals surface area contributed by atoms with Gasteiger partial charge in [-0.1, -0.05) is 29.8 Å². The van der Waals surface area contributed by atoms with Crippen molar-refractivity contribution in [2.45, 2.75) is 0 Å². The Balaban J connectivity index is 2.24. The average Bonchev–Trinajstić information content (AvgIpc) is 2.70. The van der Waals surface area contributed by atoms with Crippen LogP contribution >= 0.6 is 23.2 Å². The fraction of sp³-hybridized carbons (Fsp3) is 0. The Morgan fingerprint density at radius 2 is 2.12 bits per heavy atom. The summed E-state index contributed by atoms with van der Waals surface area (Å²) in [5.74, 6) is 0.153. The maximum Gasteiger partial charge on any atom is 0.197 e. The predicted octanol–water partition coefficient (Wildman–Crippen LogP) is 3.04. The number of hydrogen-bond acceptors (Lipinski definition) is 5. The van der Waals surface area contributed by atoms with Crippen molar-refractivity contribution in [3.05, 3.63) is 40.5 Å². The lowest BCUT2D eigenvalue weighted by molar-refractivity contribution is 0.308. The van der Waals surface area contributed by atoms with Gasteiger partial charge in [0.25, 0.3) is 0 Å². The minimum atomic E-state index is 0.153. The molecule has 1 aromatic carbocycles. The summed E-state index contributed by atoms with van der Waals surface area (Å²) in [6.07, 6.45) is 0. The average molecular weight is 271 g/mol. The van der Waals surface area contributed by atoms with E-state index in [2.05, 4.69) is 26.8 Å². The summed E-state index contributed by atoms with van der Waals surface area (Å²) in [6, 6.07) is 5.02. The first kappa shape index (κ1) is 11.8. The van der Waals surface area contributed by atoms with Crippen molar-refractivity contribution >= 4 is 40.4 Å². The highest BCUT2D eigenvalue weighted by Gasteiger charge is 2.11. The molecule has 1 aromatic heterocycles. The molecule has 7 heteroatoms. The molecule has 0 bridgehead atoms. The number of rotatable bonds is 3. The molecule has 1 heterocycles. The van der Waals surface area contributed by atoms with Gasteiger partial charge in [0, 0.05) is 5.02 Å². The van der Waals surface area contributed by atoms with Gasteiger partial charge in [-0.15, -0.1) is 0 Å². The topological polar surface area (TPSA) is 77.0 Å². The van der Waals surface area contributed by atoms with Crippen molar-refractivity contribution in [1.29, 1.82) is 0 Å². The van der Waals surface area contributed by atoms with Gasteiger partial charge in [0.1, 0.15) is 0 Å². The highest BCUT2D eigenvalue weighted by molar-refractivity contribution is 6.35. The number of anilines is 2. The molecule has 2 rings (SSSR count). The van der Waals surface area contributed by atoms with E-state index < -0.39 is 0 Å². The Kier molecular flexibility index (Phi) is 3.21. The lowest BCUT2D eigenvalue weighted by Gasteiger charge is -2.09. The zero-order valence-electron chi connectivity index (χ0n) is 8.58. The van der Waals surface area contributed by atoms with E-state index >= 15 is 0 Å². The summed E-state index contributed by atoms with van der Waals surface area (Å²) in [5.41, 5.74) is 6.90. The van der Waals surface area contributed by atoms with Crippen LogP contribution in [-0.2, 0) is 0 Å². The Hall–Kier alpha value is -1.72. The van der Waals surface area contributed by atoms with Crippen molar-refractivity contribution < 1.29 is 4.63 Å². The van der Waals surface area contributed by atoms with Crippen LogP contribution in [0.25, 0.3) is 5.70 Å². The first-order valence-electron chi connectivity index (χ1n) is 4.57. The minimum absolute atomic E-state index is 0.153. The van der Waals surface area contributed by atoms with Crippen LogP contribution in [0.3, 0.4) is 0 Å². The van der Waals surface area contributed by atoms with Crippen LogP contribution in [0.5, 0.6) is 0 Å². The Bertz CT molecular complexity index is 567. The van der Waals surface area contributed by atoms with Crippen molar-refractivity contribution in [2.24, 2.45) is 0 Å². The molecule has 0 aliphatic carbocycles. The molecule has 0 spiro atoms. The van der Waals surface area contributed by atoms with E-state index in [9.17, 15) is 0 Å². The fourth-order valence-corrected chi connectivity index (χ4v) is 1.56. The van der Waals surface area contributed by atoms with E-state index in [1.165, 1.54) is 0 Å². The highest BCUT2D eigenvalue weighted by atomic mass is 35.5. The number of nitrogens with zero attached hydrogens (tertiary/aromatic N) is 2. The smallest absolute Gasteiger partial charge is 0.197 e. The Morgan fingerprint density at radius 1 is 1.35 bits per heavy atom. The van der Waals surface area contributed by atoms with Gasteiger partial charge < -0.3 is 11.1 Å². The van der Waals surface area contributed by atoms with Crippen molar-refractivity contribution in [1.82, 2.24) is 10.3 Å². The van der Waals surface area contributed by atoms with Crippen molar-refractivity contribution in [3.63, 3.8) is 0 Å². The number of nitrogen functional groups attached to an aromatic ring is 1. The molecule has 0 saturated carbocycles. The second-order valence-corrected chi connectivity index (χ2v) is 4.07. The first-order valence-corrected chi connectivity index (χ1v) is 5.33. The summed E-state index contributed by atoms with van der Waals surface area (Å²) in [5, 5.41) is 11.1. The molecular weight excluding hydrogens is 263 g/mol. The summed E-state index contributed by atoms with van der Waals surface area (Å²) < 4.78 is 4.47. The van der Waals surface area contributed by atoms with Gasteiger partial charge in [-0.25, -0.2) is 4.63 Å². The first-order chi connectivity index (χ1) is 8.08. The van der Waals surface area contributed by atoms with E-state index in [0.29, 0.717) is 27.1 Å². The predicted molar refractivity (Wildman–Crippen MR) is 67.8 cm³/mol. The Labute approximate surface area is 107 Å². The lowest BCUT2D eigenvalue weighted by Crippen LogP contribution is -2.01. The number of nitrogens with two attached hydrogens (primary N) is 1. The number of halogens is 2. The lowest BCUT2D eigenvalue weighted by atomic mass is 10.2. The second-order valence-electron chi connectivity index (χ2n) is 3.23. The third kappa shape index (κ3) is 2.51. The maximum atomic E-state index is 5.99. The van der Waals surface area contributed by atoms with Crippen LogP contribution in [0.15, 0.2) is 29.4 Å². The monoisotopic (exact) mass is 270 g/mol. The van der Waals surface area contributed by atoms with E-state index in [1.54, 1.807) is 18.2 Å². The minimum Gasteiger partial charge on any atom is -0.379 e. The molecule has 0 aliphatic heterocycles. The number of benzene rings is 1. The molecule has 88 valence electrons. The molecule has 0 aliphatic rings. The molecule has 5 nitrogen and oxygen atoms in total. The number of aromatic nitrogens is 2. The molecular formula is C10H8Cl2N4O. The maximum absolute atomic E-state index is 5.99. The van der Waals surface area contributed by atoms with Crippen LogP contribution in [0.1, 0.15) is 5.69 Å². The quantitative estimate of drug-likeness (QED) is 0.897. The summed E-state index contributed by atoms with van der Waals surface area (Å²) in [7, 11) is 0. The van der Waals surface area contributed by atoms with Gasteiger partial charge in [-0.05, 0) is 28.5 Å². The summed E-state index contributed by atoms with van der Waals surface area (Å²) >= 11 is 11.8. The number of hydrogen-bond donors (Lipinski definition) is 2. The van der Waals surface area contributed by atoms with Gasteiger partial charge in [-0.2, -0.15) is 0 Å². The zero-order valence-corrected chi connectivity index (χ0v) is 10.1. The fourth-order valence-electron chi connectivity index (χ4n) is 1.22.